The first-order chi connectivity index (χ1) is 15.6. The van der Waals surface area contributed by atoms with Crippen LogP contribution in [0.1, 0.15) is 72.1 Å². The quantitative estimate of drug-likeness (QED) is 0.313. The standard InChI is InChI=1S/C23H35NO9/c1-13-6-7-16-14(2)20(29-19(28)9-8-17(25)24-12-4-5-18(26)27)30-21-23(16)15(13)10-11-22(3,31-21)32-33-23/h13-16,20-21H,4-12H2,1-3H3,(H,24,25)(H,26,27). The smallest absolute Gasteiger partial charge is 0.308 e. The number of carboxylic acid groups (broad SMARTS) is 1. The number of hydrogen-bond donors (Lipinski definition) is 2. The van der Waals surface area contributed by atoms with E-state index in [1.54, 1.807) is 0 Å². The Kier molecular flexibility index (Phi) is 7.00. The molecule has 10 heteroatoms. The van der Waals surface area contributed by atoms with E-state index in [2.05, 4.69) is 12.2 Å². The van der Waals surface area contributed by atoms with Crippen LogP contribution in [0.3, 0.4) is 0 Å². The largest absolute Gasteiger partial charge is 0.481 e. The van der Waals surface area contributed by atoms with Crippen molar-refractivity contribution in [2.75, 3.05) is 6.54 Å². The summed E-state index contributed by atoms with van der Waals surface area (Å²) >= 11 is 0. The highest BCUT2D eigenvalue weighted by Crippen LogP contribution is 2.60. The van der Waals surface area contributed by atoms with Crippen LogP contribution < -0.4 is 5.32 Å². The van der Waals surface area contributed by atoms with Crippen molar-refractivity contribution in [3.05, 3.63) is 0 Å². The summed E-state index contributed by atoms with van der Waals surface area (Å²) in [4.78, 5) is 46.8. The molecular weight excluding hydrogens is 434 g/mol. The van der Waals surface area contributed by atoms with Gasteiger partial charge in [0, 0.05) is 37.6 Å². The van der Waals surface area contributed by atoms with Gasteiger partial charge < -0.3 is 24.6 Å². The third-order valence-corrected chi connectivity index (χ3v) is 7.79. The predicted molar refractivity (Wildman–Crippen MR) is 112 cm³/mol. The molecule has 5 fully saturated rings. The molecule has 5 rings (SSSR count). The van der Waals surface area contributed by atoms with E-state index in [-0.39, 0.29) is 49.5 Å². The molecule has 1 amide bonds. The van der Waals surface area contributed by atoms with Crippen molar-refractivity contribution in [2.24, 2.45) is 23.7 Å². The molecule has 10 nitrogen and oxygen atoms in total. The first-order valence-electron chi connectivity index (χ1n) is 12.0. The molecule has 2 N–H and O–H groups in total. The van der Waals surface area contributed by atoms with E-state index >= 15 is 0 Å². The zero-order valence-corrected chi connectivity index (χ0v) is 19.5. The lowest BCUT2D eigenvalue weighted by atomic mass is 9.58. The van der Waals surface area contributed by atoms with Crippen LogP contribution in [-0.2, 0) is 38.4 Å². The first kappa shape index (κ1) is 24.4. The molecule has 5 aliphatic rings. The zero-order valence-electron chi connectivity index (χ0n) is 19.5. The molecule has 4 aliphatic heterocycles. The number of carboxylic acids is 1. The average Bonchev–Trinajstić information content (AvgIpc) is 2.99. The maximum Gasteiger partial charge on any atom is 0.308 e. The van der Waals surface area contributed by atoms with Crippen LogP contribution in [0, 0.1) is 23.7 Å². The van der Waals surface area contributed by atoms with Gasteiger partial charge in [0.05, 0.1) is 6.42 Å². The van der Waals surface area contributed by atoms with Gasteiger partial charge in [-0.25, -0.2) is 9.78 Å². The van der Waals surface area contributed by atoms with Gasteiger partial charge in [0.15, 0.2) is 11.9 Å². The summed E-state index contributed by atoms with van der Waals surface area (Å²) in [6.45, 7) is 6.33. The van der Waals surface area contributed by atoms with E-state index in [4.69, 9.17) is 29.1 Å². The van der Waals surface area contributed by atoms with Gasteiger partial charge in [-0.05, 0) is 44.4 Å². The number of carbonyl (C=O) groups is 3. The van der Waals surface area contributed by atoms with Gasteiger partial charge in [-0.2, -0.15) is 0 Å². The molecule has 0 aromatic carbocycles. The maximum absolute atomic E-state index is 12.5. The van der Waals surface area contributed by atoms with Gasteiger partial charge in [0.25, 0.3) is 0 Å². The average molecular weight is 470 g/mol. The fraction of sp³-hybridized carbons (Fsp3) is 0.870. The van der Waals surface area contributed by atoms with E-state index in [1.807, 2.05) is 13.8 Å². The monoisotopic (exact) mass is 469 g/mol. The summed E-state index contributed by atoms with van der Waals surface area (Å²) in [6, 6.07) is 0. The highest BCUT2D eigenvalue weighted by molar-refractivity contribution is 5.81. The predicted octanol–water partition coefficient (Wildman–Crippen LogP) is 2.50. The van der Waals surface area contributed by atoms with Crippen molar-refractivity contribution in [1.29, 1.82) is 0 Å². The van der Waals surface area contributed by atoms with Crippen molar-refractivity contribution < 1.29 is 43.5 Å². The van der Waals surface area contributed by atoms with Crippen LogP contribution >= 0.6 is 0 Å². The fourth-order valence-electron chi connectivity index (χ4n) is 5.97. The number of fused-ring (bicyclic) bond motifs is 2. The molecule has 0 aromatic rings. The Morgan fingerprint density at radius 2 is 1.85 bits per heavy atom. The molecular formula is C23H35NO9. The molecule has 1 spiro atoms. The van der Waals surface area contributed by atoms with Crippen molar-refractivity contribution >= 4 is 17.8 Å². The second kappa shape index (κ2) is 9.48. The highest BCUT2D eigenvalue weighted by Gasteiger charge is 2.69. The lowest BCUT2D eigenvalue weighted by molar-refractivity contribution is -0.576. The van der Waals surface area contributed by atoms with Crippen molar-refractivity contribution in [1.82, 2.24) is 5.32 Å². The van der Waals surface area contributed by atoms with E-state index in [9.17, 15) is 14.4 Å². The summed E-state index contributed by atoms with van der Waals surface area (Å²) in [5.41, 5.74) is -0.716. The summed E-state index contributed by atoms with van der Waals surface area (Å²) < 4.78 is 18.1. The van der Waals surface area contributed by atoms with Crippen LogP contribution in [0.4, 0.5) is 0 Å². The van der Waals surface area contributed by atoms with Crippen molar-refractivity contribution in [3.63, 3.8) is 0 Å². The van der Waals surface area contributed by atoms with Gasteiger partial charge in [-0.15, -0.1) is 0 Å². The Morgan fingerprint density at radius 3 is 2.61 bits per heavy atom. The van der Waals surface area contributed by atoms with Gasteiger partial charge in [0.1, 0.15) is 0 Å². The molecule has 2 bridgehead atoms. The van der Waals surface area contributed by atoms with Crippen molar-refractivity contribution in [3.8, 4) is 0 Å². The molecule has 4 heterocycles. The number of aliphatic carboxylic acids is 1. The minimum absolute atomic E-state index is 0.0153. The first-order valence-corrected chi connectivity index (χ1v) is 12.0. The normalized spacial score (nSPS) is 41.5. The molecule has 0 radical (unpaired) electrons. The number of carbonyl (C=O) groups excluding carboxylic acids is 2. The SMILES string of the molecule is CC1CCC2C(C)C(OC(=O)CCC(=O)NCCCC(=O)O)OC3OC4(C)CCC1C32OO4. The molecule has 8 unspecified atom stereocenters. The topological polar surface area (TPSA) is 130 Å². The Bertz CT molecular complexity index is 775. The Morgan fingerprint density at radius 1 is 1.06 bits per heavy atom. The second-order valence-electron chi connectivity index (χ2n) is 10.1. The zero-order chi connectivity index (χ0) is 23.8. The molecule has 1 saturated carbocycles. The molecule has 4 saturated heterocycles. The maximum atomic E-state index is 12.5. The number of esters is 1. The fourth-order valence-corrected chi connectivity index (χ4v) is 5.97. The van der Waals surface area contributed by atoms with E-state index in [0.717, 1.165) is 19.3 Å². The number of amides is 1. The number of hydrogen-bond acceptors (Lipinski definition) is 8. The summed E-state index contributed by atoms with van der Waals surface area (Å²) in [6.07, 6.45) is 2.30. The third-order valence-electron chi connectivity index (χ3n) is 7.79. The minimum atomic E-state index is -0.910. The summed E-state index contributed by atoms with van der Waals surface area (Å²) in [5, 5.41) is 11.2. The van der Waals surface area contributed by atoms with Gasteiger partial charge in [0.2, 0.25) is 18.0 Å². The van der Waals surface area contributed by atoms with Gasteiger partial charge in [-0.3, -0.25) is 14.4 Å². The number of rotatable bonds is 8. The highest BCUT2D eigenvalue weighted by atomic mass is 17.3. The minimum Gasteiger partial charge on any atom is -0.481 e. The Balaban J connectivity index is 1.35. The van der Waals surface area contributed by atoms with Crippen LogP contribution in [0.15, 0.2) is 0 Å². The van der Waals surface area contributed by atoms with E-state index < -0.39 is 35.9 Å². The van der Waals surface area contributed by atoms with Crippen LogP contribution in [-0.4, -0.2) is 53.5 Å². The van der Waals surface area contributed by atoms with Crippen LogP contribution in [0.5, 0.6) is 0 Å². The van der Waals surface area contributed by atoms with Crippen LogP contribution in [0.2, 0.25) is 0 Å². The van der Waals surface area contributed by atoms with Gasteiger partial charge >= 0.3 is 11.9 Å². The molecule has 33 heavy (non-hydrogen) atoms. The van der Waals surface area contributed by atoms with Crippen LogP contribution in [0.25, 0.3) is 0 Å². The summed E-state index contributed by atoms with van der Waals surface area (Å²) in [7, 11) is 0. The molecule has 8 atom stereocenters. The van der Waals surface area contributed by atoms with Gasteiger partial charge in [-0.1, -0.05) is 13.8 Å². The van der Waals surface area contributed by atoms with E-state index in [1.165, 1.54) is 0 Å². The lowest BCUT2D eigenvalue weighted by Crippen LogP contribution is -2.70. The Labute approximate surface area is 193 Å². The summed E-state index contributed by atoms with van der Waals surface area (Å²) in [5.74, 6) is -2.05. The second-order valence-corrected chi connectivity index (χ2v) is 10.1. The Hall–Kier alpha value is -1.75. The number of nitrogens with one attached hydrogen (secondary N) is 1. The number of ether oxygens (including phenoxy) is 3. The lowest BCUT2D eigenvalue weighted by Gasteiger charge is -2.59. The van der Waals surface area contributed by atoms with E-state index in [0.29, 0.717) is 18.8 Å². The molecule has 1 aliphatic carbocycles. The molecule has 0 aromatic heterocycles. The third kappa shape index (κ3) is 4.76. The molecule has 186 valence electrons. The van der Waals surface area contributed by atoms with Crippen molar-refractivity contribution in [2.45, 2.75) is 96.1 Å².